The molecule has 0 radical (unpaired) electrons. The summed E-state index contributed by atoms with van der Waals surface area (Å²) in [5, 5.41) is 1.12. The normalized spacial score (nSPS) is 20.4. The molecular formula is C20H25N3O2. The molecule has 1 aromatic carbocycles. The lowest BCUT2D eigenvalue weighted by Crippen LogP contribution is -2.47. The van der Waals surface area contributed by atoms with Gasteiger partial charge in [0.05, 0.1) is 0 Å². The van der Waals surface area contributed by atoms with E-state index in [1.165, 1.54) is 12.8 Å². The second-order valence-electron chi connectivity index (χ2n) is 7.26. The van der Waals surface area contributed by atoms with E-state index >= 15 is 0 Å². The molecular weight excluding hydrogens is 314 g/mol. The van der Waals surface area contributed by atoms with Crippen molar-refractivity contribution in [3.8, 4) is 0 Å². The number of carbonyl (C=O) groups is 2. The maximum Gasteiger partial charge on any atom is 0.245 e. The summed E-state index contributed by atoms with van der Waals surface area (Å²) in [7, 11) is 0. The summed E-state index contributed by atoms with van der Waals surface area (Å²) < 4.78 is 0. The molecule has 132 valence electrons. The fraction of sp³-hybridized carbons (Fsp3) is 0.500. The molecule has 0 spiro atoms. The average Bonchev–Trinajstić information content (AvgIpc) is 3.26. The molecule has 1 unspecified atom stereocenters. The second-order valence-corrected chi connectivity index (χ2v) is 7.26. The Morgan fingerprint density at radius 3 is 2.84 bits per heavy atom. The molecule has 2 aliphatic rings. The van der Waals surface area contributed by atoms with Gasteiger partial charge in [0.15, 0.2) is 0 Å². The number of fused-ring (bicyclic) bond motifs is 1. The van der Waals surface area contributed by atoms with Gasteiger partial charge >= 0.3 is 0 Å². The molecule has 1 aliphatic carbocycles. The van der Waals surface area contributed by atoms with Crippen LogP contribution in [0.5, 0.6) is 0 Å². The Morgan fingerprint density at radius 2 is 2.08 bits per heavy atom. The van der Waals surface area contributed by atoms with Gasteiger partial charge in [-0.05, 0) is 43.7 Å². The number of rotatable bonds is 6. The van der Waals surface area contributed by atoms with Crippen LogP contribution in [0.25, 0.3) is 10.9 Å². The van der Waals surface area contributed by atoms with Gasteiger partial charge in [-0.15, -0.1) is 0 Å². The number of para-hydroxylation sites is 1. The zero-order valence-corrected chi connectivity index (χ0v) is 14.7. The molecule has 25 heavy (non-hydrogen) atoms. The lowest BCUT2D eigenvalue weighted by atomic mass is 10.1. The van der Waals surface area contributed by atoms with Crippen LogP contribution in [0.4, 0.5) is 0 Å². The van der Waals surface area contributed by atoms with Crippen LogP contribution in [0.2, 0.25) is 0 Å². The maximum absolute atomic E-state index is 13.0. The third kappa shape index (κ3) is 3.15. The smallest absolute Gasteiger partial charge is 0.245 e. The lowest BCUT2D eigenvalue weighted by Gasteiger charge is -2.29. The molecule has 2 aromatic rings. The van der Waals surface area contributed by atoms with E-state index in [1.807, 2.05) is 36.2 Å². The van der Waals surface area contributed by atoms with Gasteiger partial charge in [0.2, 0.25) is 11.8 Å². The summed E-state index contributed by atoms with van der Waals surface area (Å²) in [5.74, 6) is 0.884. The Balaban J connectivity index is 1.54. The number of nitrogens with zero attached hydrogens (tertiary/aromatic N) is 2. The summed E-state index contributed by atoms with van der Waals surface area (Å²) in [6.45, 7) is 4.10. The summed E-state index contributed by atoms with van der Waals surface area (Å²) in [4.78, 5) is 32.4. The van der Waals surface area contributed by atoms with E-state index in [4.69, 9.17) is 0 Å². The molecule has 2 amide bonds. The lowest BCUT2D eigenvalue weighted by molar-refractivity contribution is -0.141. The first-order valence-corrected chi connectivity index (χ1v) is 9.30. The third-order valence-electron chi connectivity index (χ3n) is 5.50. The molecule has 2 fully saturated rings. The molecule has 5 nitrogen and oxygen atoms in total. The summed E-state index contributed by atoms with van der Waals surface area (Å²) >= 11 is 0. The highest BCUT2D eigenvalue weighted by Gasteiger charge is 2.39. The van der Waals surface area contributed by atoms with E-state index in [0.717, 1.165) is 29.6 Å². The number of aromatic amines is 1. The van der Waals surface area contributed by atoms with Gasteiger partial charge in [-0.2, -0.15) is 0 Å². The number of benzene rings is 1. The minimum absolute atomic E-state index is 0.0890. The Morgan fingerprint density at radius 1 is 1.28 bits per heavy atom. The monoisotopic (exact) mass is 339 g/mol. The SMILES string of the molecule is CCN(CC1CC1)C(=O)C1CCC(=O)N1Cc1c[nH]c2ccccc12. The molecule has 1 saturated carbocycles. The molecule has 1 atom stereocenters. The first kappa shape index (κ1) is 16.2. The fourth-order valence-corrected chi connectivity index (χ4v) is 3.83. The van der Waals surface area contributed by atoms with Crippen LogP contribution in [-0.4, -0.2) is 45.7 Å². The molecule has 1 saturated heterocycles. The number of carbonyl (C=O) groups excluding carboxylic acids is 2. The van der Waals surface area contributed by atoms with E-state index in [0.29, 0.717) is 25.3 Å². The van der Waals surface area contributed by atoms with Crippen molar-refractivity contribution in [2.75, 3.05) is 13.1 Å². The zero-order valence-electron chi connectivity index (χ0n) is 14.7. The van der Waals surface area contributed by atoms with Crippen LogP contribution >= 0.6 is 0 Å². The summed E-state index contributed by atoms with van der Waals surface area (Å²) in [6.07, 6.45) is 5.53. The Labute approximate surface area is 148 Å². The quantitative estimate of drug-likeness (QED) is 0.880. The van der Waals surface area contributed by atoms with Crippen LogP contribution in [0.1, 0.15) is 38.2 Å². The average molecular weight is 339 g/mol. The minimum Gasteiger partial charge on any atom is -0.361 e. The first-order chi connectivity index (χ1) is 12.2. The zero-order chi connectivity index (χ0) is 17.4. The number of likely N-dealkylation sites (N-methyl/N-ethyl adjacent to an activating group) is 1. The van der Waals surface area contributed by atoms with Crippen LogP contribution in [-0.2, 0) is 16.1 Å². The van der Waals surface area contributed by atoms with Gasteiger partial charge in [0.1, 0.15) is 6.04 Å². The van der Waals surface area contributed by atoms with Crippen molar-refractivity contribution < 1.29 is 9.59 Å². The Bertz CT molecular complexity index is 793. The predicted octanol–water partition coefficient (Wildman–Crippen LogP) is 2.92. The molecule has 1 aliphatic heterocycles. The highest BCUT2D eigenvalue weighted by atomic mass is 16.2. The topological polar surface area (TPSA) is 56.4 Å². The number of hydrogen-bond acceptors (Lipinski definition) is 2. The number of aromatic nitrogens is 1. The molecule has 5 heteroatoms. The highest BCUT2D eigenvalue weighted by Crippen LogP contribution is 2.31. The Hall–Kier alpha value is -2.30. The van der Waals surface area contributed by atoms with Crippen molar-refractivity contribution in [1.82, 2.24) is 14.8 Å². The van der Waals surface area contributed by atoms with Gasteiger partial charge < -0.3 is 14.8 Å². The predicted molar refractivity (Wildman–Crippen MR) is 96.8 cm³/mol. The van der Waals surface area contributed by atoms with Crippen molar-refractivity contribution >= 4 is 22.7 Å². The van der Waals surface area contributed by atoms with Crippen molar-refractivity contribution in [1.29, 1.82) is 0 Å². The summed E-state index contributed by atoms with van der Waals surface area (Å²) in [5.41, 5.74) is 2.14. The highest BCUT2D eigenvalue weighted by molar-refractivity contribution is 5.91. The Kier molecular flexibility index (Phi) is 4.24. The van der Waals surface area contributed by atoms with Gasteiger partial charge in [0.25, 0.3) is 0 Å². The second kappa shape index (κ2) is 6.54. The summed E-state index contributed by atoms with van der Waals surface area (Å²) in [6, 6.07) is 7.78. The van der Waals surface area contributed by atoms with Crippen LogP contribution in [0.15, 0.2) is 30.5 Å². The van der Waals surface area contributed by atoms with Gasteiger partial charge in [0, 0.05) is 43.2 Å². The van der Waals surface area contributed by atoms with Crippen LogP contribution < -0.4 is 0 Å². The third-order valence-corrected chi connectivity index (χ3v) is 5.50. The maximum atomic E-state index is 13.0. The number of hydrogen-bond donors (Lipinski definition) is 1. The van der Waals surface area contributed by atoms with Gasteiger partial charge in [-0.1, -0.05) is 18.2 Å². The van der Waals surface area contributed by atoms with E-state index in [-0.39, 0.29) is 17.9 Å². The standard InChI is InChI=1S/C20H25N3O2/c1-2-22(12-14-7-8-14)20(25)18-9-10-19(24)23(18)13-15-11-21-17-6-4-3-5-16(15)17/h3-6,11,14,18,21H,2,7-10,12-13H2,1H3. The van der Waals surface area contributed by atoms with E-state index in [9.17, 15) is 9.59 Å². The number of amides is 2. The molecule has 4 rings (SSSR count). The van der Waals surface area contributed by atoms with Gasteiger partial charge in [-0.3, -0.25) is 9.59 Å². The molecule has 2 heterocycles. The van der Waals surface area contributed by atoms with E-state index < -0.39 is 0 Å². The van der Waals surface area contributed by atoms with Crippen LogP contribution in [0.3, 0.4) is 0 Å². The first-order valence-electron chi connectivity index (χ1n) is 9.30. The number of likely N-dealkylation sites (tertiary alicyclic amines) is 1. The number of H-pyrrole nitrogens is 1. The molecule has 1 aromatic heterocycles. The van der Waals surface area contributed by atoms with Crippen molar-refractivity contribution in [3.63, 3.8) is 0 Å². The minimum atomic E-state index is -0.306. The largest absolute Gasteiger partial charge is 0.361 e. The van der Waals surface area contributed by atoms with Crippen molar-refractivity contribution in [2.45, 2.75) is 45.2 Å². The fourth-order valence-electron chi connectivity index (χ4n) is 3.83. The number of nitrogens with one attached hydrogen (secondary N) is 1. The van der Waals surface area contributed by atoms with E-state index in [1.54, 1.807) is 4.90 Å². The molecule has 0 bridgehead atoms. The molecule has 1 N–H and O–H groups in total. The van der Waals surface area contributed by atoms with E-state index in [2.05, 4.69) is 11.1 Å². The van der Waals surface area contributed by atoms with Crippen LogP contribution in [0, 0.1) is 5.92 Å². The van der Waals surface area contributed by atoms with Crippen molar-refractivity contribution in [3.05, 3.63) is 36.0 Å². The van der Waals surface area contributed by atoms with Crippen molar-refractivity contribution in [2.24, 2.45) is 5.92 Å². The van der Waals surface area contributed by atoms with Gasteiger partial charge in [-0.25, -0.2) is 0 Å².